The maximum Gasteiger partial charge on any atom is 0.0195 e. The van der Waals surface area contributed by atoms with Crippen LogP contribution in [0, 0.1) is 5.92 Å². The van der Waals surface area contributed by atoms with E-state index in [0.717, 1.165) is 18.0 Å². The zero-order valence-corrected chi connectivity index (χ0v) is 9.04. The second-order valence-electron chi connectivity index (χ2n) is 5.34. The second kappa shape index (κ2) is 3.82. The lowest BCUT2D eigenvalue weighted by Gasteiger charge is -2.26. The van der Waals surface area contributed by atoms with E-state index in [0.29, 0.717) is 0 Å². The smallest absolute Gasteiger partial charge is 0.0195 e. The van der Waals surface area contributed by atoms with Crippen molar-refractivity contribution in [1.82, 2.24) is 10.2 Å². The van der Waals surface area contributed by atoms with E-state index in [1.807, 2.05) is 0 Å². The van der Waals surface area contributed by atoms with Crippen LogP contribution in [0.3, 0.4) is 0 Å². The molecule has 3 rings (SSSR count). The monoisotopic (exact) mass is 194 g/mol. The van der Waals surface area contributed by atoms with E-state index < -0.39 is 0 Å². The average molecular weight is 194 g/mol. The van der Waals surface area contributed by atoms with Crippen LogP contribution in [0.25, 0.3) is 0 Å². The lowest BCUT2D eigenvalue weighted by molar-refractivity contribution is 0.221. The zero-order valence-electron chi connectivity index (χ0n) is 9.04. The molecule has 80 valence electrons. The maximum atomic E-state index is 3.62. The topological polar surface area (TPSA) is 15.3 Å². The molecular formula is C12H22N2. The molecule has 2 saturated heterocycles. The van der Waals surface area contributed by atoms with Crippen molar-refractivity contribution in [2.24, 2.45) is 5.92 Å². The normalized spacial score (nSPS) is 43.3. The number of hydrogen-bond donors (Lipinski definition) is 1. The van der Waals surface area contributed by atoms with Crippen LogP contribution >= 0.6 is 0 Å². The first-order valence-electron chi connectivity index (χ1n) is 6.41. The Labute approximate surface area is 87.0 Å². The fourth-order valence-corrected chi connectivity index (χ4v) is 3.75. The molecule has 2 heterocycles. The van der Waals surface area contributed by atoms with Crippen LogP contribution in [0.1, 0.15) is 38.5 Å². The molecule has 0 aromatic carbocycles. The molecule has 2 nitrogen and oxygen atoms in total. The van der Waals surface area contributed by atoms with Crippen molar-refractivity contribution >= 4 is 0 Å². The van der Waals surface area contributed by atoms with Gasteiger partial charge in [-0.25, -0.2) is 0 Å². The third-order valence-electron chi connectivity index (χ3n) is 4.49. The van der Waals surface area contributed by atoms with Crippen molar-refractivity contribution in [3.63, 3.8) is 0 Å². The molecule has 1 saturated carbocycles. The fourth-order valence-electron chi connectivity index (χ4n) is 3.75. The highest BCUT2D eigenvalue weighted by Gasteiger charge is 2.38. The summed E-state index contributed by atoms with van der Waals surface area (Å²) in [5.41, 5.74) is 0. The van der Waals surface area contributed by atoms with E-state index in [4.69, 9.17) is 0 Å². The molecule has 0 bridgehead atoms. The van der Waals surface area contributed by atoms with Gasteiger partial charge in [0.25, 0.3) is 0 Å². The average Bonchev–Trinajstić information content (AvgIpc) is 2.85. The summed E-state index contributed by atoms with van der Waals surface area (Å²) < 4.78 is 0. The van der Waals surface area contributed by atoms with Gasteiger partial charge in [-0.2, -0.15) is 0 Å². The van der Waals surface area contributed by atoms with Gasteiger partial charge in [-0.3, -0.25) is 4.90 Å². The van der Waals surface area contributed by atoms with Crippen LogP contribution in [0.15, 0.2) is 0 Å². The van der Waals surface area contributed by atoms with Gasteiger partial charge in [0.05, 0.1) is 0 Å². The summed E-state index contributed by atoms with van der Waals surface area (Å²) in [6.07, 6.45) is 8.78. The lowest BCUT2D eigenvalue weighted by atomic mass is 10.0. The van der Waals surface area contributed by atoms with Gasteiger partial charge < -0.3 is 5.32 Å². The molecule has 3 aliphatic rings. The molecule has 2 heteroatoms. The van der Waals surface area contributed by atoms with E-state index in [9.17, 15) is 0 Å². The highest BCUT2D eigenvalue weighted by molar-refractivity contribution is 4.93. The summed E-state index contributed by atoms with van der Waals surface area (Å²) in [6.45, 7) is 3.97. The molecule has 0 aromatic heterocycles. The van der Waals surface area contributed by atoms with Crippen molar-refractivity contribution in [3.05, 3.63) is 0 Å². The molecule has 3 fully saturated rings. The van der Waals surface area contributed by atoms with Crippen LogP contribution in [-0.4, -0.2) is 36.6 Å². The van der Waals surface area contributed by atoms with Crippen LogP contribution < -0.4 is 5.32 Å². The maximum absolute atomic E-state index is 3.62. The molecule has 3 atom stereocenters. The van der Waals surface area contributed by atoms with Gasteiger partial charge in [0.2, 0.25) is 0 Å². The highest BCUT2D eigenvalue weighted by atomic mass is 15.2. The Balaban J connectivity index is 1.57. The molecule has 0 spiro atoms. The van der Waals surface area contributed by atoms with Gasteiger partial charge >= 0.3 is 0 Å². The highest BCUT2D eigenvalue weighted by Crippen LogP contribution is 2.37. The second-order valence-corrected chi connectivity index (χ2v) is 5.34. The van der Waals surface area contributed by atoms with Gasteiger partial charge in [0.1, 0.15) is 0 Å². The minimum Gasteiger partial charge on any atom is -0.313 e. The molecule has 2 unspecified atom stereocenters. The molecule has 1 N–H and O–H groups in total. The predicted octanol–water partition coefficient (Wildman–Crippen LogP) is 1.61. The van der Waals surface area contributed by atoms with Gasteiger partial charge in [-0.1, -0.05) is 6.42 Å². The first-order chi connectivity index (χ1) is 6.93. The largest absolute Gasteiger partial charge is 0.313 e. The molecule has 1 aliphatic carbocycles. The molecule has 2 aliphatic heterocycles. The van der Waals surface area contributed by atoms with Crippen molar-refractivity contribution < 1.29 is 0 Å². The van der Waals surface area contributed by atoms with Crippen LogP contribution in [0.2, 0.25) is 0 Å². The Morgan fingerprint density at radius 3 is 2.93 bits per heavy atom. The Hall–Kier alpha value is -0.0800. The van der Waals surface area contributed by atoms with Gasteiger partial charge in [-0.15, -0.1) is 0 Å². The summed E-state index contributed by atoms with van der Waals surface area (Å²) >= 11 is 0. The van der Waals surface area contributed by atoms with Crippen LogP contribution in [0.4, 0.5) is 0 Å². The minimum atomic E-state index is 0.814. The molecule has 0 aromatic rings. The summed E-state index contributed by atoms with van der Waals surface area (Å²) in [5, 5.41) is 3.62. The van der Waals surface area contributed by atoms with E-state index in [1.54, 1.807) is 0 Å². The molecular weight excluding hydrogens is 172 g/mol. The first kappa shape index (κ1) is 9.17. The van der Waals surface area contributed by atoms with Gasteiger partial charge in [0, 0.05) is 18.6 Å². The Morgan fingerprint density at radius 1 is 1.07 bits per heavy atom. The zero-order chi connectivity index (χ0) is 9.38. The van der Waals surface area contributed by atoms with Crippen molar-refractivity contribution in [2.75, 3.05) is 19.6 Å². The third-order valence-corrected chi connectivity index (χ3v) is 4.49. The Bertz CT molecular complexity index is 198. The van der Waals surface area contributed by atoms with Gasteiger partial charge in [0.15, 0.2) is 0 Å². The third kappa shape index (κ3) is 1.59. The number of fused-ring (bicyclic) bond motifs is 1. The molecule has 0 amide bonds. The van der Waals surface area contributed by atoms with E-state index in [2.05, 4.69) is 10.2 Å². The van der Waals surface area contributed by atoms with Crippen molar-refractivity contribution in [2.45, 2.75) is 50.6 Å². The quantitative estimate of drug-likeness (QED) is 0.718. The number of rotatable bonds is 2. The number of likely N-dealkylation sites (tertiary alicyclic amines) is 1. The van der Waals surface area contributed by atoms with E-state index in [-0.39, 0.29) is 0 Å². The fraction of sp³-hybridized carbons (Fsp3) is 1.00. The number of nitrogens with one attached hydrogen (secondary N) is 1. The standard InChI is InChI=1S/C12H22N2/c1-3-10-6-8-14(12(10)5-1)9-11-4-2-7-13-11/h10-13H,1-9H2/t10?,11-,12?/m0/s1. The lowest BCUT2D eigenvalue weighted by Crippen LogP contribution is -2.40. The number of nitrogens with zero attached hydrogens (tertiary/aromatic N) is 1. The van der Waals surface area contributed by atoms with Crippen molar-refractivity contribution in [1.29, 1.82) is 0 Å². The molecule has 0 radical (unpaired) electrons. The van der Waals surface area contributed by atoms with Crippen LogP contribution in [0.5, 0.6) is 0 Å². The van der Waals surface area contributed by atoms with Crippen LogP contribution in [-0.2, 0) is 0 Å². The van der Waals surface area contributed by atoms with E-state index in [1.165, 1.54) is 58.2 Å². The number of hydrogen-bond acceptors (Lipinski definition) is 2. The SMILES string of the molecule is C1CC2CCN(C[C@@H]3CCCN3)C2C1. The summed E-state index contributed by atoms with van der Waals surface area (Å²) in [4.78, 5) is 2.78. The molecule has 14 heavy (non-hydrogen) atoms. The first-order valence-corrected chi connectivity index (χ1v) is 6.41. The Kier molecular flexibility index (Phi) is 2.50. The minimum absolute atomic E-state index is 0.814. The summed E-state index contributed by atoms with van der Waals surface area (Å²) in [6, 6.07) is 1.78. The summed E-state index contributed by atoms with van der Waals surface area (Å²) in [7, 11) is 0. The summed E-state index contributed by atoms with van der Waals surface area (Å²) in [5.74, 6) is 1.07. The predicted molar refractivity (Wildman–Crippen MR) is 58.3 cm³/mol. The Morgan fingerprint density at radius 2 is 2.07 bits per heavy atom. The van der Waals surface area contributed by atoms with E-state index >= 15 is 0 Å². The van der Waals surface area contributed by atoms with Crippen molar-refractivity contribution in [3.8, 4) is 0 Å². The van der Waals surface area contributed by atoms with Gasteiger partial charge in [-0.05, 0) is 51.1 Å².